The average molecular weight is 293 g/mol. The Bertz CT molecular complexity index is 630. The second-order valence-corrected chi connectivity index (χ2v) is 7.58. The lowest BCUT2D eigenvalue weighted by Gasteiger charge is -2.07. The number of nitrogens with zero attached hydrogens (tertiary/aromatic N) is 1. The maximum Gasteiger partial charge on any atom is 0.152 e. The van der Waals surface area contributed by atoms with Crippen LogP contribution in [0, 0.1) is 16.7 Å². The van der Waals surface area contributed by atoms with Crippen molar-refractivity contribution in [2.24, 2.45) is 5.41 Å². The van der Waals surface area contributed by atoms with Crippen molar-refractivity contribution in [1.82, 2.24) is 0 Å². The molecule has 0 amide bonds. The third-order valence-electron chi connectivity index (χ3n) is 4.06. The number of methoxy groups -OCH3 is 1. The molecule has 1 aromatic carbocycles. The summed E-state index contributed by atoms with van der Waals surface area (Å²) < 4.78 is 29.0. The number of hydrogen-bond donors (Lipinski definition) is 0. The summed E-state index contributed by atoms with van der Waals surface area (Å²) in [6.45, 7) is 2.21. The maximum absolute atomic E-state index is 11.9. The van der Waals surface area contributed by atoms with E-state index in [9.17, 15) is 13.7 Å². The SMILES string of the molecule is CCc1ccc([C@@H]2[C@H](S(C)(=O)=O)[C@]2(C#N)COC)cc1. The second kappa shape index (κ2) is 5.19. The van der Waals surface area contributed by atoms with Crippen LogP contribution in [0.4, 0.5) is 0 Å². The van der Waals surface area contributed by atoms with Gasteiger partial charge in [-0.1, -0.05) is 31.2 Å². The summed E-state index contributed by atoms with van der Waals surface area (Å²) in [7, 11) is -1.79. The maximum atomic E-state index is 11.9. The van der Waals surface area contributed by atoms with E-state index in [1.807, 2.05) is 24.3 Å². The molecule has 20 heavy (non-hydrogen) atoms. The molecule has 0 unspecified atom stereocenters. The number of rotatable bonds is 5. The van der Waals surface area contributed by atoms with Gasteiger partial charge in [0.25, 0.3) is 0 Å². The standard InChI is InChI=1S/C15H19NO3S/c1-4-11-5-7-12(8-6-11)13-14(20(3,17)18)15(13,9-16)10-19-2/h5-8,13-14H,4,10H2,1-3H3/t13-,14+,15-/m1/s1. The summed E-state index contributed by atoms with van der Waals surface area (Å²) >= 11 is 0. The third-order valence-corrected chi connectivity index (χ3v) is 5.67. The molecule has 0 heterocycles. The van der Waals surface area contributed by atoms with Crippen LogP contribution in [-0.2, 0) is 21.0 Å². The van der Waals surface area contributed by atoms with Gasteiger partial charge in [0.15, 0.2) is 9.84 Å². The highest BCUT2D eigenvalue weighted by Gasteiger charge is 2.71. The topological polar surface area (TPSA) is 67.2 Å². The van der Waals surface area contributed by atoms with Crippen LogP contribution in [0.25, 0.3) is 0 Å². The van der Waals surface area contributed by atoms with Crippen molar-refractivity contribution in [1.29, 1.82) is 5.26 Å². The van der Waals surface area contributed by atoms with Crippen molar-refractivity contribution < 1.29 is 13.2 Å². The molecule has 0 saturated heterocycles. The Balaban J connectivity index is 2.41. The minimum absolute atomic E-state index is 0.140. The van der Waals surface area contributed by atoms with Gasteiger partial charge in [-0.2, -0.15) is 5.26 Å². The van der Waals surface area contributed by atoms with Crippen LogP contribution in [0.1, 0.15) is 24.0 Å². The Morgan fingerprint density at radius 3 is 2.35 bits per heavy atom. The number of sulfone groups is 1. The second-order valence-electron chi connectivity index (χ2n) is 5.41. The Kier molecular flexibility index (Phi) is 3.90. The molecule has 1 aliphatic rings. The highest BCUT2D eigenvalue weighted by atomic mass is 32.2. The summed E-state index contributed by atoms with van der Waals surface area (Å²) in [6, 6.07) is 10.0. The molecule has 108 valence electrons. The van der Waals surface area contributed by atoms with Crippen molar-refractivity contribution in [3.8, 4) is 6.07 Å². The van der Waals surface area contributed by atoms with Crippen molar-refractivity contribution in [3.05, 3.63) is 35.4 Å². The molecule has 0 aliphatic heterocycles. The Morgan fingerprint density at radius 1 is 1.35 bits per heavy atom. The zero-order chi connectivity index (χ0) is 15.0. The molecule has 0 N–H and O–H groups in total. The van der Waals surface area contributed by atoms with Crippen LogP contribution in [0.2, 0.25) is 0 Å². The van der Waals surface area contributed by atoms with Crippen molar-refractivity contribution in [2.75, 3.05) is 20.0 Å². The van der Waals surface area contributed by atoms with E-state index in [-0.39, 0.29) is 12.5 Å². The first-order valence-corrected chi connectivity index (χ1v) is 8.54. The fourth-order valence-corrected chi connectivity index (χ4v) is 4.89. The first kappa shape index (κ1) is 15.0. The van der Waals surface area contributed by atoms with Crippen molar-refractivity contribution in [3.63, 3.8) is 0 Å². The number of hydrogen-bond acceptors (Lipinski definition) is 4. The van der Waals surface area contributed by atoms with E-state index in [1.54, 1.807) is 0 Å². The van der Waals surface area contributed by atoms with Gasteiger partial charge in [0.2, 0.25) is 0 Å². The quantitative estimate of drug-likeness (QED) is 0.831. The zero-order valence-corrected chi connectivity index (χ0v) is 12.8. The lowest BCUT2D eigenvalue weighted by molar-refractivity contribution is 0.162. The van der Waals surface area contributed by atoms with Gasteiger partial charge in [0, 0.05) is 19.3 Å². The molecule has 1 fully saturated rings. The highest BCUT2D eigenvalue weighted by molar-refractivity contribution is 7.91. The van der Waals surface area contributed by atoms with Crippen LogP contribution in [0.5, 0.6) is 0 Å². The van der Waals surface area contributed by atoms with E-state index < -0.39 is 20.5 Å². The van der Waals surface area contributed by atoms with Gasteiger partial charge in [-0.05, 0) is 17.5 Å². The molecule has 3 atom stereocenters. The number of nitriles is 1. The van der Waals surface area contributed by atoms with Gasteiger partial charge in [-0.15, -0.1) is 0 Å². The number of aryl methyl sites for hydroxylation is 1. The molecule has 0 radical (unpaired) electrons. The minimum atomic E-state index is -3.29. The summed E-state index contributed by atoms with van der Waals surface area (Å²) in [5.41, 5.74) is 1.15. The van der Waals surface area contributed by atoms with E-state index in [1.165, 1.54) is 18.9 Å². The lowest BCUT2D eigenvalue weighted by Crippen LogP contribution is -2.17. The predicted molar refractivity (Wildman–Crippen MR) is 77.1 cm³/mol. The summed E-state index contributed by atoms with van der Waals surface area (Å²) in [5.74, 6) is -0.298. The van der Waals surface area contributed by atoms with Gasteiger partial charge < -0.3 is 4.74 Å². The fraction of sp³-hybridized carbons (Fsp3) is 0.533. The molecule has 1 aliphatic carbocycles. The Hall–Kier alpha value is -1.38. The molecule has 1 aromatic rings. The van der Waals surface area contributed by atoms with Gasteiger partial charge in [-0.3, -0.25) is 0 Å². The summed E-state index contributed by atoms with van der Waals surface area (Å²) in [5, 5.41) is 8.79. The normalized spacial score (nSPS) is 28.9. The fourth-order valence-electron chi connectivity index (χ4n) is 3.04. The van der Waals surface area contributed by atoms with E-state index in [0.717, 1.165) is 12.0 Å². The van der Waals surface area contributed by atoms with Crippen molar-refractivity contribution in [2.45, 2.75) is 24.5 Å². The van der Waals surface area contributed by atoms with E-state index in [4.69, 9.17) is 4.74 Å². The van der Waals surface area contributed by atoms with E-state index in [2.05, 4.69) is 13.0 Å². The van der Waals surface area contributed by atoms with E-state index in [0.29, 0.717) is 0 Å². The first-order chi connectivity index (χ1) is 9.40. The van der Waals surface area contributed by atoms with Crippen LogP contribution >= 0.6 is 0 Å². The monoisotopic (exact) mass is 293 g/mol. The summed E-state index contributed by atoms with van der Waals surface area (Å²) in [6.07, 6.45) is 2.13. The van der Waals surface area contributed by atoms with Crippen LogP contribution < -0.4 is 0 Å². The molecule has 1 saturated carbocycles. The molecular weight excluding hydrogens is 274 g/mol. The van der Waals surface area contributed by atoms with Gasteiger partial charge in [0.05, 0.1) is 17.9 Å². The molecular formula is C15H19NO3S. The number of ether oxygens (including phenoxy) is 1. The van der Waals surface area contributed by atoms with Gasteiger partial charge >= 0.3 is 0 Å². The molecule has 4 nitrogen and oxygen atoms in total. The van der Waals surface area contributed by atoms with Gasteiger partial charge in [-0.25, -0.2) is 8.42 Å². The Labute approximate surface area is 120 Å². The third kappa shape index (κ3) is 2.34. The molecule has 0 spiro atoms. The largest absolute Gasteiger partial charge is 0.383 e. The van der Waals surface area contributed by atoms with Crippen LogP contribution in [0.3, 0.4) is 0 Å². The van der Waals surface area contributed by atoms with Crippen molar-refractivity contribution >= 4 is 9.84 Å². The van der Waals surface area contributed by atoms with Gasteiger partial charge in [0.1, 0.15) is 5.41 Å². The highest BCUT2D eigenvalue weighted by Crippen LogP contribution is 2.62. The minimum Gasteiger partial charge on any atom is -0.383 e. The molecule has 5 heteroatoms. The Morgan fingerprint density at radius 2 is 1.95 bits per heavy atom. The summed E-state index contributed by atoms with van der Waals surface area (Å²) in [4.78, 5) is 0. The number of benzene rings is 1. The predicted octanol–water partition coefficient (Wildman–Crippen LogP) is 1.92. The van der Waals surface area contributed by atoms with Crippen LogP contribution in [0.15, 0.2) is 24.3 Å². The molecule has 2 rings (SSSR count). The lowest BCUT2D eigenvalue weighted by atomic mass is 10.00. The van der Waals surface area contributed by atoms with Crippen LogP contribution in [-0.4, -0.2) is 33.6 Å². The average Bonchev–Trinajstić information content (AvgIpc) is 3.09. The zero-order valence-electron chi connectivity index (χ0n) is 12.0. The molecule has 0 bridgehead atoms. The van der Waals surface area contributed by atoms with E-state index >= 15 is 0 Å². The molecule has 0 aromatic heterocycles. The smallest absolute Gasteiger partial charge is 0.152 e. The first-order valence-electron chi connectivity index (χ1n) is 6.58.